The lowest BCUT2D eigenvalue weighted by atomic mass is 10.2. The van der Waals surface area contributed by atoms with Crippen LogP contribution in [0, 0.1) is 0 Å². The number of amides is 2. The summed E-state index contributed by atoms with van der Waals surface area (Å²) in [6, 6.07) is 11.7. The maximum absolute atomic E-state index is 13.1. The molecule has 0 N–H and O–H groups in total. The topological polar surface area (TPSA) is 66.2 Å². The van der Waals surface area contributed by atoms with Gasteiger partial charge in [0.25, 0.3) is 5.91 Å². The van der Waals surface area contributed by atoms with Crippen LogP contribution in [-0.4, -0.2) is 79.5 Å². The van der Waals surface area contributed by atoms with E-state index in [0.29, 0.717) is 31.7 Å². The van der Waals surface area contributed by atoms with Crippen LogP contribution in [0.25, 0.3) is 0 Å². The van der Waals surface area contributed by atoms with E-state index in [0.717, 1.165) is 31.6 Å². The average molecular weight is 428 g/mol. The summed E-state index contributed by atoms with van der Waals surface area (Å²) in [5.41, 5.74) is 1.60. The first kappa shape index (κ1) is 23.0. The molecule has 0 spiro atoms. The minimum Gasteiger partial charge on any atom is -0.472 e. The number of furan rings is 1. The Hall–Kier alpha value is -2.64. The van der Waals surface area contributed by atoms with Crippen molar-refractivity contribution in [3.05, 3.63) is 60.1 Å². The van der Waals surface area contributed by atoms with Crippen LogP contribution in [0.5, 0.6) is 0 Å². The van der Waals surface area contributed by atoms with Gasteiger partial charge in [0.1, 0.15) is 6.26 Å². The highest BCUT2D eigenvalue weighted by molar-refractivity contribution is 5.94. The molecule has 1 aromatic heterocycles. The van der Waals surface area contributed by atoms with Crippen LogP contribution >= 0.6 is 0 Å². The molecule has 2 heterocycles. The summed E-state index contributed by atoms with van der Waals surface area (Å²) < 4.78 is 10.8. The number of ether oxygens (including phenoxy) is 1. The number of benzene rings is 1. The van der Waals surface area contributed by atoms with E-state index in [1.807, 2.05) is 49.3 Å². The summed E-state index contributed by atoms with van der Waals surface area (Å²) in [5, 5.41) is 0. The fraction of sp³-hybridized carbons (Fsp3) is 0.500. The maximum atomic E-state index is 13.1. The quantitative estimate of drug-likeness (QED) is 0.552. The third-order valence-electron chi connectivity index (χ3n) is 5.49. The second-order valence-corrected chi connectivity index (χ2v) is 8.25. The van der Waals surface area contributed by atoms with Crippen LogP contribution in [0.3, 0.4) is 0 Å². The summed E-state index contributed by atoms with van der Waals surface area (Å²) in [5.74, 6) is -0.0806. The van der Waals surface area contributed by atoms with E-state index < -0.39 is 0 Å². The largest absolute Gasteiger partial charge is 0.472 e. The fourth-order valence-electron chi connectivity index (χ4n) is 3.68. The first-order valence-corrected chi connectivity index (χ1v) is 10.9. The number of carbonyl (C=O) groups excluding carboxylic acids is 2. The van der Waals surface area contributed by atoms with E-state index in [1.165, 1.54) is 12.5 Å². The number of rotatable bonds is 11. The van der Waals surface area contributed by atoms with Gasteiger partial charge in [0.2, 0.25) is 5.91 Å². The highest BCUT2D eigenvalue weighted by atomic mass is 16.5. The molecular weight excluding hydrogens is 394 g/mol. The van der Waals surface area contributed by atoms with Crippen molar-refractivity contribution < 1.29 is 18.7 Å². The Morgan fingerprint density at radius 3 is 2.48 bits per heavy atom. The number of nitrogens with zero attached hydrogens (tertiary/aromatic N) is 3. The molecule has 2 amide bonds. The molecule has 168 valence electrons. The predicted octanol–water partition coefficient (Wildman–Crippen LogP) is 2.88. The zero-order valence-electron chi connectivity index (χ0n) is 18.5. The summed E-state index contributed by atoms with van der Waals surface area (Å²) in [7, 11) is 4.00. The first-order valence-electron chi connectivity index (χ1n) is 10.9. The monoisotopic (exact) mass is 427 g/mol. The molecule has 1 aliphatic heterocycles. The lowest BCUT2D eigenvalue weighted by Crippen LogP contribution is -2.41. The van der Waals surface area contributed by atoms with E-state index >= 15 is 0 Å². The lowest BCUT2D eigenvalue weighted by Gasteiger charge is -2.28. The van der Waals surface area contributed by atoms with Gasteiger partial charge in [0, 0.05) is 45.8 Å². The minimum atomic E-state index is -0.125. The van der Waals surface area contributed by atoms with Crippen molar-refractivity contribution in [2.45, 2.75) is 31.9 Å². The van der Waals surface area contributed by atoms with Crippen LogP contribution in [0.15, 0.2) is 53.3 Å². The molecule has 0 radical (unpaired) electrons. The third kappa shape index (κ3) is 7.22. The maximum Gasteiger partial charge on any atom is 0.257 e. The Morgan fingerprint density at radius 2 is 1.84 bits per heavy atom. The second-order valence-electron chi connectivity index (χ2n) is 8.25. The smallest absolute Gasteiger partial charge is 0.257 e. The van der Waals surface area contributed by atoms with E-state index in [9.17, 15) is 9.59 Å². The van der Waals surface area contributed by atoms with E-state index in [-0.39, 0.29) is 24.3 Å². The van der Waals surface area contributed by atoms with Crippen molar-refractivity contribution in [3.63, 3.8) is 0 Å². The van der Waals surface area contributed by atoms with Gasteiger partial charge < -0.3 is 23.9 Å². The molecule has 0 saturated carbocycles. The Bertz CT molecular complexity index is 801. The fourth-order valence-corrected chi connectivity index (χ4v) is 3.68. The van der Waals surface area contributed by atoms with Gasteiger partial charge in [0.05, 0.1) is 17.9 Å². The molecule has 0 unspecified atom stereocenters. The van der Waals surface area contributed by atoms with Crippen molar-refractivity contribution in [1.82, 2.24) is 14.7 Å². The molecule has 1 aromatic carbocycles. The summed E-state index contributed by atoms with van der Waals surface area (Å²) >= 11 is 0. The zero-order valence-corrected chi connectivity index (χ0v) is 18.5. The minimum absolute atomic E-state index is 0.0279. The van der Waals surface area contributed by atoms with E-state index in [2.05, 4.69) is 4.90 Å². The number of hydrogen-bond donors (Lipinski definition) is 0. The van der Waals surface area contributed by atoms with Gasteiger partial charge in [-0.1, -0.05) is 30.3 Å². The van der Waals surface area contributed by atoms with Gasteiger partial charge in [-0.05, 0) is 38.6 Å². The Kier molecular flexibility index (Phi) is 8.67. The molecule has 1 saturated heterocycles. The number of likely N-dealkylation sites (N-methyl/N-ethyl adjacent to an activating group) is 1. The van der Waals surface area contributed by atoms with Gasteiger partial charge in [-0.3, -0.25) is 9.59 Å². The Balaban J connectivity index is 1.64. The van der Waals surface area contributed by atoms with Crippen LogP contribution in [-0.2, 0) is 16.1 Å². The number of hydrogen-bond acceptors (Lipinski definition) is 5. The van der Waals surface area contributed by atoms with Gasteiger partial charge in [0.15, 0.2) is 0 Å². The highest BCUT2D eigenvalue weighted by Gasteiger charge is 2.25. The SMILES string of the molecule is CN(C)CCN(Cc1ccccc1)C(=O)CCN(C[C@H]1CCCO1)C(=O)c1ccoc1. The summed E-state index contributed by atoms with van der Waals surface area (Å²) in [6.45, 7) is 3.57. The molecule has 7 heteroatoms. The molecule has 7 nitrogen and oxygen atoms in total. The molecule has 3 rings (SSSR count). The number of carbonyl (C=O) groups is 2. The molecule has 1 aliphatic rings. The van der Waals surface area contributed by atoms with E-state index in [4.69, 9.17) is 9.15 Å². The van der Waals surface area contributed by atoms with E-state index in [1.54, 1.807) is 11.0 Å². The first-order chi connectivity index (χ1) is 15.0. The van der Waals surface area contributed by atoms with Crippen molar-refractivity contribution in [1.29, 1.82) is 0 Å². The van der Waals surface area contributed by atoms with Crippen molar-refractivity contribution in [2.75, 3.05) is 46.9 Å². The van der Waals surface area contributed by atoms with Crippen molar-refractivity contribution in [3.8, 4) is 0 Å². The van der Waals surface area contributed by atoms with Gasteiger partial charge in [-0.15, -0.1) is 0 Å². The standard InChI is InChI=1S/C24H33N3O4/c1-25(2)13-14-26(17-20-7-4-3-5-8-20)23(28)10-12-27(18-22-9-6-15-31-22)24(29)21-11-16-30-19-21/h3-5,7-8,11,16,19,22H,6,9-10,12-15,17-18H2,1-2H3/t22-/m1/s1. The van der Waals surface area contributed by atoms with Gasteiger partial charge in [-0.2, -0.15) is 0 Å². The van der Waals surface area contributed by atoms with Crippen LogP contribution in [0.2, 0.25) is 0 Å². The van der Waals surface area contributed by atoms with Crippen molar-refractivity contribution in [2.24, 2.45) is 0 Å². The zero-order chi connectivity index (χ0) is 22.1. The van der Waals surface area contributed by atoms with Gasteiger partial charge in [-0.25, -0.2) is 0 Å². The Labute approximate surface area is 184 Å². The Morgan fingerprint density at radius 1 is 1.03 bits per heavy atom. The average Bonchev–Trinajstić information content (AvgIpc) is 3.48. The van der Waals surface area contributed by atoms with Gasteiger partial charge >= 0.3 is 0 Å². The molecule has 2 aromatic rings. The molecule has 31 heavy (non-hydrogen) atoms. The second kappa shape index (κ2) is 11.7. The highest BCUT2D eigenvalue weighted by Crippen LogP contribution is 2.16. The molecule has 0 bridgehead atoms. The molecule has 0 aliphatic carbocycles. The van der Waals surface area contributed by atoms with Crippen LogP contribution in [0.4, 0.5) is 0 Å². The third-order valence-corrected chi connectivity index (χ3v) is 5.49. The predicted molar refractivity (Wildman–Crippen MR) is 119 cm³/mol. The van der Waals surface area contributed by atoms with Crippen LogP contribution < -0.4 is 0 Å². The normalized spacial score (nSPS) is 15.9. The molecule has 1 fully saturated rings. The molecular formula is C24H33N3O4. The van der Waals surface area contributed by atoms with Crippen LogP contribution in [0.1, 0.15) is 35.2 Å². The summed E-state index contributed by atoms with van der Waals surface area (Å²) in [4.78, 5) is 31.8. The molecule has 1 atom stereocenters. The lowest BCUT2D eigenvalue weighted by molar-refractivity contribution is -0.132. The summed E-state index contributed by atoms with van der Waals surface area (Å²) in [6.07, 6.45) is 5.19. The van der Waals surface area contributed by atoms with Crippen molar-refractivity contribution >= 4 is 11.8 Å².